The van der Waals surface area contributed by atoms with Gasteiger partial charge < -0.3 is 29.4 Å². The molecule has 4 aromatic rings. The minimum atomic E-state index is -0.360. The maximum absolute atomic E-state index is 12.3. The summed E-state index contributed by atoms with van der Waals surface area (Å²) in [5, 5.41) is 6.79. The normalized spacial score (nSPS) is 16.7. The number of benzene rings is 2. The van der Waals surface area contributed by atoms with Gasteiger partial charge in [0.1, 0.15) is 29.9 Å². The minimum Gasteiger partial charge on any atom is -0.495 e. The van der Waals surface area contributed by atoms with Crippen molar-refractivity contribution in [3.8, 4) is 17.1 Å². The number of thiocarbonyl (C=S) groups is 1. The van der Waals surface area contributed by atoms with Gasteiger partial charge in [0.25, 0.3) is 0 Å². The van der Waals surface area contributed by atoms with E-state index in [9.17, 15) is 4.79 Å². The van der Waals surface area contributed by atoms with Crippen LogP contribution in [0.15, 0.2) is 81.8 Å². The molecule has 5 rings (SSSR count). The molecule has 0 unspecified atom stereocenters. The van der Waals surface area contributed by atoms with Gasteiger partial charge in [-0.2, -0.15) is 0 Å². The average Bonchev–Trinajstić information content (AvgIpc) is 3.54. The highest BCUT2D eigenvalue weighted by Crippen LogP contribution is 2.44. The highest BCUT2D eigenvalue weighted by Gasteiger charge is 2.43. The Bertz CT molecular complexity index is 1510. The molecule has 1 aliphatic heterocycles. The molecule has 0 spiro atoms. The van der Waals surface area contributed by atoms with Gasteiger partial charge >= 0.3 is 0 Å². The smallest absolute Gasteiger partial charge is 0.250 e. The van der Waals surface area contributed by atoms with Crippen molar-refractivity contribution >= 4 is 50.5 Å². The quantitative estimate of drug-likeness (QED) is 0.230. The van der Waals surface area contributed by atoms with Gasteiger partial charge in [-0.25, -0.2) is 0 Å². The van der Waals surface area contributed by atoms with Crippen LogP contribution in [0.4, 0.5) is 11.4 Å². The van der Waals surface area contributed by atoms with Crippen LogP contribution in [0.1, 0.15) is 29.1 Å². The minimum absolute atomic E-state index is 0.0782. The van der Waals surface area contributed by atoms with E-state index < -0.39 is 0 Å². The third-order valence-electron chi connectivity index (χ3n) is 6.42. The summed E-state index contributed by atoms with van der Waals surface area (Å²) in [6, 6.07) is 20.7. The van der Waals surface area contributed by atoms with Crippen LogP contribution in [0.5, 0.6) is 5.75 Å². The molecule has 1 aliphatic rings. The number of hydrogen-bond acceptors (Lipinski definition) is 6. The SMILES string of the molecule is COCC(=O)Nc1cc(N2C(=S)N[C@@H](c3ccccn3)[C@@H]2c2ccc(-c3ccc(C)cc3Br)o2)ccc1OC. The van der Waals surface area contributed by atoms with Gasteiger partial charge in [-0.15, -0.1) is 0 Å². The number of furan rings is 1. The van der Waals surface area contributed by atoms with Gasteiger partial charge in [-0.3, -0.25) is 9.78 Å². The third kappa shape index (κ3) is 5.54. The number of nitrogens with zero attached hydrogens (tertiary/aromatic N) is 2. The first-order chi connectivity index (χ1) is 18.9. The topological polar surface area (TPSA) is 88.9 Å². The maximum Gasteiger partial charge on any atom is 0.250 e. The van der Waals surface area contributed by atoms with Crippen molar-refractivity contribution in [2.45, 2.75) is 19.0 Å². The summed E-state index contributed by atoms with van der Waals surface area (Å²) in [4.78, 5) is 18.9. The Labute approximate surface area is 240 Å². The van der Waals surface area contributed by atoms with E-state index in [1.807, 2.05) is 66.4 Å². The van der Waals surface area contributed by atoms with Gasteiger partial charge in [-0.1, -0.05) is 28.1 Å². The molecule has 200 valence electrons. The lowest BCUT2D eigenvalue weighted by Gasteiger charge is -2.27. The molecule has 2 aromatic carbocycles. The fourth-order valence-electron chi connectivity index (χ4n) is 4.66. The van der Waals surface area contributed by atoms with Gasteiger partial charge in [0.15, 0.2) is 5.11 Å². The lowest BCUT2D eigenvalue weighted by molar-refractivity contribution is -0.119. The van der Waals surface area contributed by atoms with E-state index >= 15 is 0 Å². The summed E-state index contributed by atoms with van der Waals surface area (Å²) >= 11 is 9.51. The second-order valence-electron chi connectivity index (χ2n) is 9.05. The number of carbonyl (C=O) groups is 1. The molecular weight excluding hydrogens is 580 g/mol. The molecule has 1 fully saturated rings. The molecule has 0 aliphatic carbocycles. The Morgan fingerprint density at radius 3 is 2.72 bits per heavy atom. The average molecular weight is 608 g/mol. The van der Waals surface area contributed by atoms with Crippen LogP contribution in [0.25, 0.3) is 11.3 Å². The number of aryl methyl sites for hydroxylation is 1. The number of aromatic nitrogens is 1. The number of pyridine rings is 1. The monoisotopic (exact) mass is 606 g/mol. The highest BCUT2D eigenvalue weighted by atomic mass is 79.9. The number of nitrogens with one attached hydrogen (secondary N) is 2. The molecule has 2 N–H and O–H groups in total. The standard InChI is InChI=1S/C29H27BrN4O4S/c1-17-7-9-19(20(30)14-17)23-11-12-25(38-23)28-27(21-6-4-5-13-31-21)33-29(39)34(28)18-8-10-24(37-3)22(15-18)32-26(35)16-36-2/h4-15,27-28H,16H2,1-3H3,(H,32,35)(H,33,39)/t27-,28-/m0/s1. The Morgan fingerprint density at radius 1 is 1.15 bits per heavy atom. The summed E-state index contributed by atoms with van der Waals surface area (Å²) in [6.07, 6.45) is 1.76. The van der Waals surface area contributed by atoms with Gasteiger partial charge in [0, 0.05) is 29.0 Å². The maximum atomic E-state index is 12.3. The number of rotatable bonds is 8. The molecule has 1 saturated heterocycles. The number of hydrogen-bond donors (Lipinski definition) is 2. The zero-order chi connectivity index (χ0) is 27.5. The van der Waals surface area contributed by atoms with Crippen LogP contribution in [-0.2, 0) is 9.53 Å². The predicted molar refractivity (Wildman–Crippen MR) is 158 cm³/mol. The molecule has 1 amide bonds. The second-order valence-corrected chi connectivity index (χ2v) is 10.3. The van der Waals surface area contributed by atoms with Crippen molar-refractivity contribution in [2.24, 2.45) is 0 Å². The van der Waals surface area contributed by atoms with Crippen LogP contribution in [0.3, 0.4) is 0 Å². The lowest BCUT2D eigenvalue weighted by Crippen LogP contribution is -2.29. The Morgan fingerprint density at radius 2 is 2.00 bits per heavy atom. The largest absolute Gasteiger partial charge is 0.495 e. The zero-order valence-corrected chi connectivity index (χ0v) is 24.0. The van der Waals surface area contributed by atoms with Crippen molar-refractivity contribution in [3.63, 3.8) is 0 Å². The summed E-state index contributed by atoms with van der Waals surface area (Å²) in [6.45, 7) is 1.97. The molecule has 3 heterocycles. The number of carbonyl (C=O) groups excluding carboxylic acids is 1. The first-order valence-corrected chi connectivity index (χ1v) is 13.4. The van der Waals surface area contributed by atoms with Crippen molar-refractivity contribution in [1.29, 1.82) is 0 Å². The Hall–Kier alpha value is -3.73. The molecule has 2 aromatic heterocycles. The van der Waals surface area contributed by atoms with Gasteiger partial charge in [-0.05, 0) is 79.3 Å². The fourth-order valence-corrected chi connectivity index (χ4v) is 5.69. The first-order valence-electron chi connectivity index (χ1n) is 12.2. The van der Waals surface area contributed by atoms with Crippen molar-refractivity contribution in [3.05, 3.63) is 94.4 Å². The van der Waals surface area contributed by atoms with E-state index in [2.05, 4.69) is 37.6 Å². The Kier molecular flexibility index (Phi) is 7.97. The lowest BCUT2D eigenvalue weighted by atomic mass is 10.0. The molecule has 2 atom stereocenters. The highest BCUT2D eigenvalue weighted by molar-refractivity contribution is 9.10. The summed E-state index contributed by atoms with van der Waals surface area (Å²) in [5.41, 5.74) is 4.18. The van der Waals surface area contributed by atoms with E-state index in [4.69, 9.17) is 26.1 Å². The summed E-state index contributed by atoms with van der Waals surface area (Å²) in [7, 11) is 3.02. The van der Waals surface area contributed by atoms with E-state index in [0.717, 1.165) is 32.7 Å². The molecule has 10 heteroatoms. The summed E-state index contributed by atoms with van der Waals surface area (Å²) < 4.78 is 17.9. The van der Waals surface area contributed by atoms with Crippen LogP contribution < -0.4 is 20.3 Å². The van der Waals surface area contributed by atoms with Crippen LogP contribution in [0.2, 0.25) is 0 Å². The zero-order valence-electron chi connectivity index (χ0n) is 21.6. The number of amides is 1. The molecule has 39 heavy (non-hydrogen) atoms. The number of halogens is 1. The molecule has 8 nitrogen and oxygen atoms in total. The predicted octanol–water partition coefficient (Wildman–Crippen LogP) is 6.18. The van der Waals surface area contributed by atoms with Gasteiger partial charge in [0.05, 0.1) is 24.5 Å². The summed E-state index contributed by atoms with van der Waals surface area (Å²) in [5.74, 6) is 1.67. The Balaban J connectivity index is 1.59. The van der Waals surface area contributed by atoms with Crippen LogP contribution in [-0.4, -0.2) is 36.8 Å². The van der Waals surface area contributed by atoms with E-state index in [0.29, 0.717) is 22.3 Å². The molecule has 0 saturated carbocycles. The first kappa shape index (κ1) is 26.9. The number of ether oxygens (including phenoxy) is 2. The fraction of sp³-hybridized carbons (Fsp3) is 0.207. The number of methoxy groups -OCH3 is 2. The van der Waals surface area contributed by atoms with Crippen molar-refractivity contribution < 1.29 is 18.7 Å². The van der Waals surface area contributed by atoms with Crippen molar-refractivity contribution in [1.82, 2.24) is 10.3 Å². The molecule has 0 radical (unpaired) electrons. The van der Waals surface area contributed by atoms with Gasteiger partial charge in [0.2, 0.25) is 5.91 Å². The van der Waals surface area contributed by atoms with E-state index in [1.165, 1.54) is 7.11 Å². The van der Waals surface area contributed by atoms with E-state index in [1.54, 1.807) is 19.4 Å². The molecule has 0 bridgehead atoms. The van der Waals surface area contributed by atoms with Crippen LogP contribution in [0, 0.1) is 6.92 Å². The van der Waals surface area contributed by atoms with Crippen LogP contribution >= 0.6 is 28.1 Å². The second kappa shape index (κ2) is 11.6. The third-order valence-corrected chi connectivity index (χ3v) is 7.39. The number of anilines is 2. The van der Waals surface area contributed by atoms with Crippen molar-refractivity contribution in [2.75, 3.05) is 31.0 Å². The van der Waals surface area contributed by atoms with E-state index in [-0.39, 0.29) is 24.6 Å². The molecular formula is C29H27BrN4O4S.